The van der Waals surface area contributed by atoms with Gasteiger partial charge in [-0.15, -0.1) is 0 Å². The number of carbonyl (C=O) groups excluding carboxylic acids is 8. The minimum atomic E-state index is -1.63. The zero-order valence-electron chi connectivity index (χ0n) is 40.6. The lowest BCUT2D eigenvalue weighted by Gasteiger charge is -2.31. The standard InChI is InChI=1S/C47H70N16O9/c1-26-40(67)61-35(22-28-12-4-3-5-13-28)44(71)60-34(18-11-21-55-47(51)52)42(69)62-36(23-29-25-56-31-15-7-6-14-30(29)31)45(72)59-32(39(48)66)16-8-9-19-53-38(65)24-37(43(70)57-26)63-41(68)33(58-27(2)64)17-10-20-54-46(49)50/h3-7,12-15,25-26,32-37,42,56,62,69H,8-11,16-24H2,1-2H3,(H2,48,66)(H,53,65)(H,57,70)(H,58,64)(H,59,72)(H,60,71)(H,61,67)(H,63,68)(H4,49,50,54)(H4,51,52,55). The van der Waals surface area contributed by atoms with Gasteiger partial charge in [-0.1, -0.05) is 48.5 Å². The largest absolute Gasteiger partial charge is 0.376 e. The van der Waals surface area contributed by atoms with E-state index >= 15 is 0 Å². The molecule has 72 heavy (non-hydrogen) atoms. The third-order valence-corrected chi connectivity index (χ3v) is 11.7. The lowest BCUT2D eigenvalue weighted by atomic mass is 10.0. The molecule has 25 heteroatoms. The first kappa shape index (κ1) is 56.8. The van der Waals surface area contributed by atoms with Crippen molar-refractivity contribution in [2.24, 2.45) is 38.7 Å². The second-order valence-electron chi connectivity index (χ2n) is 17.5. The quantitative estimate of drug-likeness (QED) is 0.0376. The first-order chi connectivity index (χ1) is 34.3. The summed E-state index contributed by atoms with van der Waals surface area (Å²) in [6, 6.07) is 7.13. The Morgan fingerprint density at radius 3 is 2.12 bits per heavy atom. The molecule has 1 aliphatic rings. The van der Waals surface area contributed by atoms with Crippen LogP contribution in [0.25, 0.3) is 10.9 Å². The number of nitrogens with zero attached hydrogens (tertiary/aromatic N) is 2. The second kappa shape index (κ2) is 28.8. The molecule has 1 aliphatic heterocycles. The van der Waals surface area contributed by atoms with E-state index in [-0.39, 0.29) is 89.3 Å². The highest BCUT2D eigenvalue weighted by Crippen LogP contribution is 2.20. The van der Waals surface area contributed by atoms with Gasteiger partial charge in [-0.2, -0.15) is 0 Å². The van der Waals surface area contributed by atoms with Gasteiger partial charge in [0, 0.05) is 50.1 Å². The molecule has 25 nitrogen and oxygen atoms in total. The summed E-state index contributed by atoms with van der Waals surface area (Å²) in [6.45, 7) is 2.82. The average Bonchev–Trinajstić information content (AvgIpc) is 3.74. The molecule has 8 amide bonds. The predicted octanol–water partition coefficient (Wildman–Crippen LogP) is -3.54. The fourth-order valence-electron chi connectivity index (χ4n) is 7.93. The van der Waals surface area contributed by atoms with Gasteiger partial charge in [0.15, 0.2) is 11.9 Å². The van der Waals surface area contributed by atoms with Crippen LogP contribution in [-0.2, 0) is 51.2 Å². The Morgan fingerprint density at radius 1 is 0.778 bits per heavy atom. The molecule has 0 aliphatic carbocycles. The van der Waals surface area contributed by atoms with Gasteiger partial charge < -0.3 is 76.0 Å². The van der Waals surface area contributed by atoms with E-state index in [1.807, 2.05) is 24.3 Å². The van der Waals surface area contributed by atoms with Gasteiger partial charge >= 0.3 is 0 Å². The van der Waals surface area contributed by atoms with Gasteiger partial charge in [-0.3, -0.25) is 53.7 Å². The van der Waals surface area contributed by atoms with E-state index in [1.54, 1.807) is 36.5 Å². The van der Waals surface area contributed by atoms with Crippen molar-refractivity contribution in [2.75, 3.05) is 19.6 Å². The SMILES string of the molecule is CC(=O)NC(CCCN=C(N)N)C(=O)NC1CC(=O)NCCCCC(C(N)=O)NC(=O)C(Cc2c[nH]c3ccccc23)NC(O)C(CCCN=C(N)N)NC(=O)C(Cc2ccccc2)NC(=O)C(C)NC1=O. The maximum atomic E-state index is 14.5. The molecule has 3 aromatic rings. The van der Waals surface area contributed by atoms with Gasteiger partial charge in [0.25, 0.3) is 0 Å². The molecule has 0 saturated carbocycles. The Balaban J connectivity index is 1.71. The predicted molar refractivity (Wildman–Crippen MR) is 269 cm³/mol. The van der Waals surface area contributed by atoms with Crippen molar-refractivity contribution < 1.29 is 43.5 Å². The topological polar surface area (TPSA) is 424 Å². The van der Waals surface area contributed by atoms with Crippen molar-refractivity contribution >= 4 is 70.1 Å². The molecule has 20 N–H and O–H groups in total. The number of fused-ring (bicyclic) bond motifs is 1. The average molecular weight is 1000 g/mol. The number of carbonyl (C=O) groups is 8. The van der Waals surface area contributed by atoms with E-state index in [1.165, 1.54) is 13.8 Å². The van der Waals surface area contributed by atoms with Crippen molar-refractivity contribution in [3.63, 3.8) is 0 Å². The molecule has 0 radical (unpaired) electrons. The molecule has 1 saturated heterocycles. The van der Waals surface area contributed by atoms with Crippen LogP contribution in [0.2, 0.25) is 0 Å². The minimum Gasteiger partial charge on any atom is -0.376 e. The second-order valence-corrected chi connectivity index (χ2v) is 17.5. The number of rotatable bonds is 16. The van der Waals surface area contributed by atoms with Crippen molar-refractivity contribution in [1.82, 2.24) is 47.5 Å². The molecule has 2 heterocycles. The zero-order chi connectivity index (χ0) is 52.7. The van der Waals surface area contributed by atoms with E-state index in [9.17, 15) is 43.5 Å². The molecule has 8 atom stereocenters. The van der Waals surface area contributed by atoms with Crippen molar-refractivity contribution in [3.05, 3.63) is 71.9 Å². The lowest BCUT2D eigenvalue weighted by Crippen LogP contribution is -2.61. The van der Waals surface area contributed by atoms with E-state index in [2.05, 4.69) is 57.5 Å². The van der Waals surface area contributed by atoms with E-state index < -0.39 is 102 Å². The number of H-pyrrole nitrogens is 1. The number of aromatic amines is 1. The highest BCUT2D eigenvalue weighted by molar-refractivity contribution is 5.97. The molecule has 0 spiro atoms. The summed E-state index contributed by atoms with van der Waals surface area (Å²) in [5.74, 6) is -6.45. The normalized spacial score (nSPS) is 22.6. The van der Waals surface area contributed by atoms with Gasteiger partial charge in [0.2, 0.25) is 47.3 Å². The summed E-state index contributed by atoms with van der Waals surface area (Å²) < 4.78 is 0. The lowest BCUT2D eigenvalue weighted by molar-refractivity contribution is -0.135. The van der Waals surface area contributed by atoms with Crippen LogP contribution in [0.3, 0.4) is 0 Å². The summed E-state index contributed by atoms with van der Waals surface area (Å²) in [5, 5.41) is 34.2. The Labute approximate surface area is 416 Å². The molecule has 2 aromatic carbocycles. The van der Waals surface area contributed by atoms with Gasteiger partial charge in [0.1, 0.15) is 36.4 Å². The number of guanidine groups is 2. The Bertz CT molecular complexity index is 2390. The number of aliphatic hydroxyl groups excluding tert-OH is 1. The fraction of sp³-hybridized carbons (Fsp3) is 0.489. The number of aliphatic hydroxyl groups is 1. The summed E-state index contributed by atoms with van der Waals surface area (Å²) in [7, 11) is 0. The number of nitrogens with one attached hydrogen (secondary N) is 9. The molecule has 1 fully saturated rings. The summed E-state index contributed by atoms with van der Waals surface area (Å²) in [5.41, 5.74) is 29.9. The van der Waals surface area contributed by atoms with Gasteiger partial charge in [-0.25, -0.2) is 0 Å². The molecule has 0 bridgehead atoms. The number of aromatic nitrogens is 1. The van der Waals surface area contributed by atoms with Crippen LogP contribution >= 0.6 is 0 Å². The van der Waals surface area contributed by atoms with Crippen LogP contribution in [0.1, 0.15) is 76.3 Å². The third-order valence-electron chi connectivity index (χ3n) is 11.7. The number of primary amides is 1. The van der Waals surface area contributed by atoms with Crippen LogP contribution in [0.5, 0.6) is 0 Å². The number of para-hydroxylation sites is 1. The number of amides is 8. The number of hydrogen-bond donors (Lipinski definition) is 15. The molecule has 8 unspecified atom stereocenters. The fourth-order valence-corrected chi connectivity index (χ4v) is 7.93. The third kappa shape index (κ3) is 19.2. The van der Waals surface area contributed by atoms with E-state index in [0.29, 0.717) is 11.1 Å². The maximum absolute atomic E-state index is 14.5. The van der Waals surface area contributed by atoms with E-state index in [4.69, 9.17) is 28.7 Å². The highest BCUT2D eigenvalue weighted by atomic mass is 16.3. The summed E-state index contributed by atoms with van der Waals surface area (Å²) >= 11 is 0. The smallest absolute Gasteiger partial charge is 0.243 e. The highest BCUT2D eigenvalue weighted by Gasteiger charge is 2.34. The minimum absolute atomic E-state index is 0.00412. The number of nitrogens with two attached hydrogens (primary N) is 5. The Hall–Kier alpha value is -7.80. The van der Waals surface area contributed by atoms with Crippen molar-refractivity contribution in [1.29, 1.82) is 0 Å². The van der Waals surface area contributed by atoms with Crippen LogP contribution in [-0.4, -0.2) is 137 Å². The number of hydrogen-bond acceptors (Lipinski definition) is 12. The van der Waals surface area contributed by atoms with Crippen molar-refractivity contribution in [2.45, 2.75) is 127 Å². The van der Waals surface area contributed by atoms with Crippen LogP contribution < -0.4 is 71.2 Å². The van der Waals surface area contributed by atoms with Crippen LogP contribution in [0.15, 0.2) is 70.8 Å². The van der Waals surface area contributed by atoms with Crippen LogP contribution in [0.4, 0.5) is 0 Å². The summed E-state index contributed by atoms with van der Waals surface area (Å²) in [4.78, 5) is 120. The zero-order valence-corrected chi connectivity index (χ0v) is 40.6. The molecule has 392 valence electrons. The number of aliphatic imine (C=N–C) groups is 2. The first-order valence-electron chi connectivity index (χ1n) is 23.8. The maximum Gasteiger partial charge on any atom is 0.243 e. The van der Waals surface area contributed by atoms with Crippen LogP contribution in [0, 0.1) is 0 Å². The monoisotopic (exact) mass is 1000 g/mol. The number of benzene rings is 2. The molecule has 1 aromatic heterocycles. The Kier molecular flexibility index (Phi) is 22.7. The molecular weight excluding hydrogens is 933 g/mol. The molecular formula is C47H70N16O9. The first-order valence-corrected chi connectivity index (χ1v) is 23.8. The summed E-state index contributed by atoms with van der Waals surface area (Å²) in [6.07, 6.45) is 0.640. The van der Waals surface area contributed by atoms with E-state index in [0.717, 1.165) is 10.9 Å². The molecule has 4 rings (SSSR count). The Morgan fingerprint density at radius 2 is 1.44 bits per heavy atom. The van der Waals surface area contributed by atoms with Gasteiger partial charge in [-0.05, 0) is 75.5 Å². The van der Waals surface area contributed by atoms with Gasteiger partial charge in [0.05, 0.1) is 18.5 Å². The van der Waals surface area contributed by atoms with Crippen molar-refractivity contribution in [3.8, 4) is 0 Å².